The molecule has 5 heteroatoms. The molecule has 0 saturated carbocycles. The van der Waals surface area contributed by atoms with E-state index < -0.39 is 5.72 Å². The van der Waals surface area contributed by atoms with Crippen molar-refractivity contribution in [2.45, 2.75) is 18.2 Å². The third-order valence-corrected chi connectivity index (χ3v) is 6.03. The third kappa shape index (κ3) is 1.84. The van der Waals surface area contributed by atoms with Crippen molar-refractivity contribution in [1.82, 2.24) is 10.0 Å². The number of hydrogen-bond acceptors (Lipinski definition) is 5. The van der Waals surface area contributed by atoms with Gasteiger partial charge in [-0.05, 0) is 12.5 Å². The zero-order chi connectivity index (χ0) is 15.4. The molecule has 23 heavy (non-hydrogen) atoms. The summed E-state index contributed by atoms with van der Waals surface area (Å²) >= 11 is 1.64. The molecule has 2 fully saturated rings. The second kappa shape index (κ2) is 4.84. The zero-order valence-electron chi connectivity index (χ0n) is 12.6. The Morgan fingerprint density at radius 1 is 1.09 bits per heavy atom. The first kappa shape index (κ1) is 13.6. The fourth-order valence-electron chi connectivity index (χ4n) is 3.83. The van der Waals surface area contributed by atoms with Gasteiger partial charge in [-0.15, -0.1) is 0 Å². The monoisotopic (exact) mass is 323 g/mol. The first-order chi connectivity index (χ1) is 11.3. The summed E-state index contributed by atoms with van der Waals surface area (Å²) in [7, 11) is 0. The first-order valence-corrected chi connectivity index (χ1v) is 8.91. The van der Waals surface area contributed by atoms with E-state index in [2.05, 4.69) is 28.2 Å². The molecule has 116 valence electrons. The fourth-order valence-corrected chi connectivity index (χ4v) is 5.00. The summed E-state index contributed by atoms with van der Waals surface area (Å²) in [5.41, 5.74) is 2.32. The molecule has 0 spiro atoms. The molecule has 0 aliphatic carbocycles. The topological polar surface area (TPSA) is 39.1 Å². The number of thioether (sulfide) groups is 1. The van der Waals surface area contributed by atoms with Gasteiger partial charge in [0.05, 0.1) is 11.7 Å². The van der Waals surface area contributed by atoms with Crippen LogP contribution in [0.4, 0.5) is 5.69 Å². The fraction of sp³-hybridized carbons (Fsp3) is 0.278. The van der Waals surface area contributed by atoms with Gasteiger partial charge in [0.25, 0.3) is 0 Å². The van der Waals surface area contributed by atoms with Crippen molar-refractivity contribution in [1.29, 1.82) is 0 Å². The number of benzene rings is 2. The predicted octanol–water partition coefficient (Wildman–Crippen LogP) is 3.24. The second-order valence-corrected chi connectivity index (χ2v) is 7.14. The summed E-state index contributed by atoms with van der Waals surface area (Å²) in [5.74, 6) is 0.598. The Bertz CT molecular complexity index is 794. The number of para-hydroxylation sites is 1. The molecule has 2 saturated heterocycles. The number of rotatable bonds is 1. The lowest BCUT2D eigenvalue weighted by Crippen LogP contribution is -2.59. The van der Waals surface area contributed by atoms with Gasteiger partial charge in [0.1, 0.15) is 0 Å². The van der Waals surface area contributed by atoms with Gasteiger partial charge in [-0.3, -0.25) is 5.01 Å². The van der Waals surface area contributed by atoms with E-state index in [1.165, 1.54) is 5.56 Å². The Balaban J connectivity index is 1.62. The minimum atomic E-state index is -0.966. The highest BCUT2D eigenvalue weighted by molar-refractivity contribution is 8.13. The first-order valence-electron chi connectivity index (χ1n) is 7.92. The molecule has 0 unspecified atom stereocenters. The van der Waals surface area contributed by atoms with Crippen LogP contribution in [0.25, 0.3) is 0 Å². The molecule has 2 aromatic carbocycles. The summed E-state index contributed by atoms with van der Waals surface area (Å²) in [6.07, 6.45) is 1.01. The maximum Gasteiger partial charge on any atom is 0.179 e. The Kier molecular flexibility index (Phi) is 2.86. The number of nitrogens with zero attached hydrogens (tertiary/aromatic N) is 3. The largest absolute Gasteiger partial charge is 0.369 e. The summed E-state index contributed by atoms with van der Waals surface area (Å²) in [6.45, 7) is 0.837. The molecule has 2 aromatic rings. The number of hydrogen-bond donors (Lipinski definition) is 1. The lowest BCUT2D eigenvalue weighted by atomic mass is 10.0. The Morgan fingerprint density at radius 2 is 1.87 bits per heavy atom. The molecule has 0 aromatic heterocycles. The lowest BCUT2D eigenvalue weighted by Gasteiger charge is -2.49. The molecule has 3 aliphatic rings. The number of aliphatic imine (C=N–C) groups is 1. The highest BCUT2D eigenvalue weighted by Crippen LogP contribution is 2.50. The Hall–Kier alpha value is -1.82. The van der Waals surface area contributed by atoms with Gasteiger partial charge in [-0.1, -0.05) is 60.3 Å². The summed E-state index contributed by atoms with van der Waals surface area (Å²) in [4.78, 5) is 4.82. The van der Waals surface area contributed by atoms with Gasteiger partial charge in [0.2, 0.25) is 0 Å². The minimum absolute atomic E-state index is 0.279. The maximum absolute atomic E-state index is 11.4. The molecule has 0 radical (unpaired) electrons. The van der Waals surface area contributed by atoms with Crippen LogP contribution in [0.1, 0.15) is 23.6 Å². The summed E-state index contributed by atoms with van der Waals surface area (Å²) in [5, 5.41) is 16.8. The quantitative estimate of drug-likeness (QED) is 0.874. The Morgan fingerprint density at radius 3 is 2.74 bits per heavy atom. The molecule has 3 aliphatic heterocycles. The van der Waals surface area contributed by atoms with Crippen LogP contribution >= 0.6 is 11.8 Å². The minimum Gasteiger partial charge on any atom is -0.369 e. The van der Waals surface area contributed by atoms with E-state index >= 15 is 0 Å². The van der Waals surface area contributed by atoms with Crippen molar-refractivity contribution in [3.63, 3.8) is 0 Å². The van der Waals surface area contributed by atoms with Crippen LogP contribution in [0.2, 0.25) is 0 Å². The number of aliphatic hydroxyl groups is 1. The third-order valence-electron chi connectivity index (χ3n) is 4.94. The molecule has 5 rings (SSSR count). The molecule has 1 N–H and O–H groups in total. The molecular weight excluding hydrogens is 306 g/mol. The molecule has 3 heterocycles. The van der Waals surface area contributed by atoms with Gasteiger partial charge < -0.3 is 5.11 Å². The van der Waals surface area contributed by atoms with Gasteiger partial charge in [0, 0.05) is 23.4 Å². The lowest BCUT2D eigenvalue weighted by molar-refractivity contribution is -0.168. The summed E-state index contributed by atoms with van der Waals surface area (Å²) < 4.78 is 0. The van der Waals surface area contributed by atoms with E-state index in [1.807, 2.05) is 36.4 Å². The van der Waals surface area contributed by atoms with Crippen molar-refractivity contribution in [3.05, 3.63) is 65.7 Å². The van der Waals surface area contributed by atoms with Crippen LogP contribution < -0.4 is 0 Å². The number of fused-ring (bicyclic) bond motifs is 2. The summed E-state index contributed by atoms with van der Waals surface area (Å²) in [6, 6.07) is 18.6. The number of hydrazine groups is 1. The number of amidine groups is 1. The predicted molar refractivity (Wildman–Crippen MR) is 92.2 cm³/mol. The van der Waals surface area contributed by atoms with E-state index in [-0.39, 0.29) is 6.04 Å². The van der Waals surface area contributed by atoms with Gasteiger partial charge >= 0.3 is 0 Å². The van der Waals surface area contributed by atoms with Crippen molar-refractivity contribution in [2.75, 3.05) is 12.3 Å². The van der Waals surface area contributed by atoms with Crippen LogP contribution in [0.15, 0.2) is 59.6 Å². The molecule has 4 nitrogen and oxygen atoms in total. The smallest absolute Gasteiger partial charge is 0.179 e. The van der Waals surface area contributed by atoms with Crippen LogP contribution in [-0.2, 0) is 5.72 Å². The highest BCUT2D eigenvalue weighted by Gasteiger charge is 2.52. The standard InChI is InChI=1S/C18H17N3OS/c22-18(13-6-2-1-3-7-13)12-23-17-19-15-9-5-4-8-14(15)16-10-11-20(18)21(16)17/h1-9,16,22H,10-12H2/t16-,18+/m0/s1. The molecule has 2 atom stereocenters. The second-order valence-electron chi connectivity index (χ2n) is 6.20. The average Bonchev–Trinajstić information content (AvgIpc) is 3.06. The normalized spacial score (nSPS) is 29.0. The highest BCUT2D eigenvalue weighted by atomic mass is 32.2. The van der Waals surface area contributed by atoms with E-state index in [0.717, 1.165) is 29.4 Å². The van der Waals surface area contributed by atoms with Gasteiger partial charge in [0.15, 0.2) is 10.9 Å². The van der Waals surface area contributed by atoms with Crippen molar-refractivity contribution >= 4 is 22.6 Å². The van der Waals surface area contributed by atoms with Crippen molar-refractivity contribution in [2.24, 2.45) is 4.99 Å². The van der Waals surface area contributed by atoms with E-state index in [0.29, 0.717) is 5.75 Å². The van der Waals surface area contributed by atoms with Crippen molar-refractivity contribution in [3.8, 4) is 0 Å². The average molecular weight is 323 g/mol. The van der Waals surface area contributed by atoms with E-state index in [1.54, 1.807) is 11.8 Å². The maximum atomic E-state index is 11.4. The van der Waals surface area contributed by atoms with Crippen LogP contribution in [0, 0.1) is 0 Å². The van der Waals surface area contributed by atoms with Crippen LogP contribution in [-0.4, -0.2) is 32.6 Å². The van der Waals surface area contributed by atoms with E-state index in [4.69, 9.17) is 4.99 Å². The van der Waals surface area contributed by atoms with Gasteiger partial charge in [-0.25, -0.2) is 4.99 Å². The van der Waals surface area contributed by atoms with Crippen LogP contribution in [0.3, 0.4) is 0 Å². The molecule has 0 bridgehead atoms. The van der Waals surface area contributed by atoms with Crippen molar-refractivity contribution < 1.29 is 5.11 Å². The van der Waals surface area contributed by atoms with Gasteiger partial charge in [-0.2, -0.15) is 5.01 Å². The molecular formula is C18H17N3OS. The van der Waals surface area contributed by atoms with Crippen LogP contribution in [0.5, 0.6) is 0 Å². The molecule has 0 amide bonds. The Labute approximate surface area is 139 Å². The van der Waals surface area contributed by atoms with E-state index in [9.17, 15) is 5.11 Å². The zero-order valence-corrected chi connectivity index (χ0v) is 13.4. The SMILES string of the molecule is O[C@@]1(c2ccccc2)CSC2=Nc3ccccc3[C@@H]3CCN1N23.